The summed E-state index contributed by atoms with van der Waals surface area (Å²) >= 11 is 0. The molecule has 1 saturated heterocycles. The van der Waals surface area contributed by atoms with Crippen LogP contribution < -0.4 is 15.1 Å². The third kappa shape index (κ3) is 1.90. The van der Waals surface area contributed by atoms with Gasteiger partial charge in [-0.2, -0.15) is 10.1 Å². The summed E-state index contributed by atoms with van der Waals surface area (Å²) in [5.41, 5.74) is 2.82. The predicted molar refractivity (Wildman–Crippen MR) is 66.5 cm³/mol. The highest BCUT2D eigenvalue weighted by atomic mass is 17.2. The fraction of sp³-hybridized carbons (Fsp3) is 0.462. The topological polar surface area (TPSA) is 57.5 Å². The monoisotopic (exact) mass is 245 g/mol. The summed E-state index contributed by atoms with van der Waals surface area (Å²) < 4.78 is 0. The van der Waals surface area contributed by atoms with Crippen LogP contribution in [0.3, 0.4) is 0 Å². The molecule has 0 aromatic heterocycles. The zero-order valence-electron chi connectivity index (χ0n) is 10.1. The Balaban J connectivity index is 2.02. The summed E-state index contributed by atoms with van der Waals surface area (Å²) in [5.74, 6) is 0.597. The number of benzene rings is 1. The molecular formula is C13H15N3O2. The van der Waals surface area contributed by atoms with Crippen LogP contribution in [0.4, 0.5) is 5.69 Å². The zero-order chi connectivity index (χ0) is 12.4. The Labute approximate surface area is 106 Å². The number of nitrogens with one attached hydrogen (secondary N) is 1. The quantitative estimate of drug-likeness (QED) is 0.743. The van der Waals surface area contributed by atoms with Crippen molar-refractivity contribution in [1.82, 2.24) is 5.32 Å². The van der Waals surface area contributed by atoms with Gasteiger partial charge in [0.2, 0.25) is 0 Å². The average molecular weight is 245 g/mol. The van der Waals surface area contributed by atoms with Gasteiger partial charge >= 0.3 is 0 Å². The van der Waals surface area contributed by atoms with Crippen molar-refractivity contribution in [2.24, 2.45) is 0 Å². The molecule has 2 heterocycles. The minimum absolute atomic E-state index is 0.543. The van der Waals surface area contributed by atoms with Crippen LogP contribution in [-0.4, -0.2) is 32.8 Å². The second-order valence-corrected chi connectivity index (χ2v) is 4.44. The molecular weight excluding hydrogens is 230 g/mol. The van der Waals surface area contributed by atoms with E-state index in [-0.39, 0.29) is 0 Å². The Hall–Kier alpha value is -1.77. The first kappa shape index (κ1) is 11.3. The van der Waals surface area contributed by atoms with Crippen molar-refractivity contribution in [3.63, 3.8) is 0 Å². The van der Waals surface area contributed by atoms with Crippen LogP contribution in [0.25, 0.3) is 0 Å². The highest BCUT2D eigenvalue weighted by Gasteiger charge is 2.23. The molecule has 5 nitrogen and oxygen atoms in total. The molecule has 0 aliphatic carbocycles. The van der Waals surface area contributed by atoms with Crippen LogP contribution in [0.5, 0.6) is 5.75 Å². The van der Waals surface area contributed by atoms with Gasteiger partial charge in [-0.3, -0.25) is 0 Å². The Morgan fingerprint density at radius 1 is 1.28 bits per heavy atom. The van der Waals surface area contributed by atoms with Gasteiger partial charge in [0.15, 0.2) is 5.75 Å². The minimum Gasteiger partial charge on any atom is -0.369 e. The molecule has 0 bridgehead atoms. The standard InChI is InChI=1S/C13H15N3O2/c14-9-10-1-2-12(16-6-4-15-5-7-16)11-3-8-17-18-13(10)11/h1-2,15H,3-8H2. The Kier molecular flexibility index (Phi) is 3.05. The van der Waals surface area contributed by atoms with Crippen LogP contribution in [0.2, 0.25) is 0 Å². The molecule has 18 heavy (non-hydrogen) atoms. The van der Waals surface area contributed by atoms with E-state index in [0.29, 0.717) is 17.9 Å². The van der Waals surface area contributed by atoms with Gasteiger partial charge in [-0.15, -0.1) is 0 Å². The van der Waals surface area contributed by atoms with E-state index in [4.69, 9.17) is 15.0 Å². The van der Waals surface area contributed by atoms with E-state index in [0.717, 1.165) is 38.2 Å². The van der Waals surface area contributed by atoms with Crippen LogP contribution in [-0.2, 0) is 11.3 Å². The first-order chi connectivity index (χ1) is 8.90. The first-order valence-corrected chi connectivity index (χ1v) is 6.21. The van der Waals surface area contributed by atoms with Crippen molar-refractivity contribution in [3.05, 3.63) is 23.3 Å². The zero-order valence-corrected chi connectivity index (χ0v) is 10.1. The summed E-state index contributed by atoms with van der Waals surface area (Å²) in [5, 5.41) is 12.4. The van der Waals surface area contributed by atoms with E-state index in [1.54, 1.807) is 0 Å². The molecule has 0 amide bonds. The van der Waals surface area contributed by atoms with Crippen molar-refractivity contribution >= 4 is 5.69 Å². The Morgan fingerprint density at radius 3 is 2.89 bits per heavy atom. The molecule has 1 aromatic rings. The summed E-state index contributed by atoms with van der Waals surface area (Å²) in [6.07, 6.45) is 0.796. The molecule has 0 unspecified atom stereocenters. The summed E-state index contributed by atoms with van der Waals surface area (Å²) in [7, 11) is 0. The van der Waals surface area contributed by atoms with Crippen LogP contribution in [0.15, 0.2) is 12.1 Å². The fourth-order valence-electron chi connectivity index (χ4n) is 2.49. The average Bonchev–Trinajstić information content (AvgIpc) is 2.47. The Bertz CT molecular complexity index is 490. The lowest BCUT2D eigenvalue weighted by atomic mass is 10.0. The Morgan fingerprint density at radius 2 is 2.11 bits per heavy atom. The number of nitrogens with zero attached hydrogens (tertiary/aromatic N) is 2. The van der Waals surface area contributed by atoms with Gasteiger partial charge in [0, 0.05) is 43.9 Å². The molecule has 1 fully saturated rings. The van der Waals surface area contributed by atoms with Crippen molar-refractivity contribution in [2.45, 2.75) is 6.42 Å². The van der Waals surface area contributed by atoms with E-state index in [1.807, 2.05) is 12.1 Å². The highest BCUT2D eigenvalue weighted by Crippen LogP contribution is 2.35. The summed E-state index contributed by atoms with van der Waals surface area (Å²) in [4.78, 5) is 12.5. The fourth-order valence-corrected chi connectivity index (χ4v) is 2.49. The molecule has 2 aliphatic heterocycles. The molecule has 0 saturated carbocycles. The molecule has 3 rings (SSSR count). The molecule has 0 spiro atoms. The maximum Gasteiger partial charge on any atom is 0.188 e. The van der Waals surface area contributed by atoms with Gasteiger partial charge in [0.25, 0.3) is 0 Å². The van der Waals surface area contributed by atoms with E-state index in [2.05, 4.69) is 16.3 Å². The number of nitriles is 1. The molecule has 94 valence electrons. The molecule has 0 atom stereocenters. The molecule has 0 radical (unpaired) electrons. The SMILES string of the molecule is N#Cc1ccc(N2CCNCC2)c2c1OOCC2. The van der Waals surface area contributed by atoms with Gasteiger partial charge in [0.05, 0.1) is 12.2 Å². The summed E-state index contributed by atoms with van der Waals surface area (Å²) in [6.45, 7) is 4.50. The molecule has 1 N–H and O–H groups in total. The lowest BCUT2D eigenvalue weighted by Gasteiger charge is -2.32. The van der Waals surface area contributed by atoms with Gasteiger partial charge in [-0.25, -0.2) is 0 Å². The van der Waals surface area contributed by atoms with E-state index in [9.17, 15) is 0 Å². The number of fused-ring (bicyclic) bond motifs is 1. The first-order valence-electron chi connectivity index (χ1n) is 6.21. The van der Waals surface area contributed by atoms with E-state index < -0.39 is 0 Å². The number of hydrogen-bond acceptors (Lipinski definition) is 5. The van der Waals surface area contributed by atoms with Crippen molar-refractivity contribution in [3.8, 4) is 11.8 Å². The molecule has 5 heteroatoms. The second kappa shape index (κ2) is 4.84. The maximum atomic E-state index is 9.09. The predicted octanol–water partition coefficient (Wildman–Crippen LogP) is 0.834. The summed E-state index contributed by atoms with van der Waals surface area (Å²) in [6, 6.07) is 5.98. The number of rotatable bonds is 1. The molecule has 1 aromatic carbocycles. The van der Waals surface area contributed by atoms with E-state index >= 15 is 0 Å². The number of anilines is 1. The van der Waals surface area contributed by atoms with Crippen molar-refractivity contribution in [2.75, 3.05) is 37.7 Å². The number of hydrogen-bond donors (Lipinski definition) is 1. The van der Waals surface area contributed by atoms with Crippen LogP contribution in [0.1, 0.15) is 11.1 Å². The number of piperazine rings is 1. The van der Waals surface area contributed by atoms with Gasteiger partial charge < -0.3 is 15.1 Å². The van der Waals surface area contributed by atoms with Crippen LogP contribution >= 0.6 is 0 Å². The van der Waals surface area contributed by atoms with Gasteiger partial charge in [0.1, 0.15) is 6.07 Å². The second-order valence-electron chi connectivity index (χ2n) is 4.44. The minimum atomic E-state index is 0.543. The third-order valence-electron chi connectivity index (χ3n) is 3.39. The lowest BCUT2D eigenvalue weighted by molar-refractivity contribution is -0.215. The lowest BCUT2D eigenvalue weighted by Crippen LogP contribution is -2.44. The molecule has 2 aliphatic rings. The van der Waals surface area contributed by atoms with Gasteiger partial charge in [-0.1, -0.05) is 0 Å². The smallest absolute Gasteiger partial charge is 0.188 e. The van der Waals surface area contributed by atoms with Crippen molar-refractivity contribution in [1.29, 1.82) is 5.26 Å². The van der Waals surface area contributed by atoms with E-state index in [1.165, 1.54) is 5.69 Å². The highest BCUT2D eigenvalue weighted by molar-refractivity contribution is 5.65. The van der Waals surface area contributed by atoms with Crippen molar-refractivity contribution < 1.29 is 9.78 Å². The third-order valence-corrected chi connectivity index (χ3v) is 3.39. The largest absolute Gasteiger partial charge is 0.369 e. The van der Waals surface area contributed by atoms with Crippen LogP contribution in [0, 0.1) is 11.3 Å². The normalized spacial score (nSPS) is 18.7. The van der Waals surface area contributed by atoms with Gasteiger partial charge in [-0.05, 0) is 12.1 Å². The maximum absolute atomic E-state index is 9.09.